The number of nitrogens with one attached hydrogen (secondary N) is 1. The van der Waals surface area contributed by atoms with Gasteiger partial charge in [0.25, 0.3) is 5.91 Å². The van der Waals surface area contributed by atoms with Crippen molar-refractivity contribution in [2.24, 2.45) is 5.10 Å². The van der Waals surface area contributed by atoms with Gasteiger partial charge in [-0.15, -0.1) is 6.58 Å². The van der Waals surface area contributed by atoms with Gasteiger partial charge in [-0.1, -0.05) is 18.2 Å². The van der Waals surface area contributed by atoms with Crippen LogP contribution in [-0.4, -0.2) is 32.0 Å². The minimum absolute atomic E-state index is 0.0276. The van der Waals surface area contributed by atoms with E-state index in [9.17, 15) is 9.90 Å². The molecule has 21 heavy (non-hydrogen) atoms. The maximum absolute atomic E-state index is 11.6. The lowest BCUT2D eigenvalue weighted by Gasteiger charge is -2.04. The zero-order valence-electron chi connectivity index (χ0n) is 11.3. The first kappa shape index (κ1) is 14.4. The van der Waals surface area contributed by atoms with E-state index in [4.69, 9.17) is 0 Å². The van der Waals surface area contributed by atoms with Gasteiger partial charge in [-0.05, 0) is 18.1 Å². The zero-order valence-corrected chi connectivity index (χ0v) is 11.3. The molecule has 2 aromatic rings. The summed E-state index contributed by atoms with van der Waals surface area (Å²) >= 11 is 0. The third-order valence-corrected chi connectivity index (χ3v) is 2.68. The molecule has 0 unspecified atom stereocenters. The second-order valence-corrected chi connectivity index (χ2v) is 4.23. The fraction of sp³-hybridized carbons (Fsp3) is 0.143. The molecule has 1 heterocycles. The maximum Gasteiger partial charge on any atom is 0.261 e. The van der Waals surface area contributed by atoms with E-state index in [0.29, 0.717) is 12.0 Å². The lowest BCUT2D eigenvalue weighted by Crippen LogP contribution is -2.23. The molecule has 7 heteroatoms. The molecule has 0 radical (unpaired) electrons. The molecule has 1 aromatic heterocycles. The Bertz CT molecular complexity index is 649. The zero-order chi connectivity index (χ0) is 15.1. The highest BCUT2D eigenvalue weighted by Crippen LogP contribution is 2.21. The minimum atomic E-state index is -0.335. The second kappa shape index (κ2) is 6.99. The molecular weight excluding hydrogens is 270 g/mol. The molecule has 0 atom stereocenters. The number of benzene rings is 1. The lowest BCUT2D eigenvalue weighted by atomic mass is 10.1. The van der Waals surface area contributed by atoms with Crippen molar-refractivity contribution in [3.05, 3.63) is 54.6 Å². The van der Waals surface area contributed by atoms with Crippen molar-refractivity contribution in [1.29, 1.82) is 0 Å². The average molecular weight is 285 g/mol. The SMILES string of the molecule is C=CCc1cccc(/C=N/NC(=O)Cn2cncn2)c1O. The number of carbonyl (C=O) groups excluding carboxylic acids is 1. The van der Waals surface area contributed by atoms with Gasteiger partial charge >= 0.3 is 0 Å². The molecule has 0 bridgehead atoms. The molecule has 1 amide bonds. The lowest BCUT2D eigenvalue weighted by molar-refractivity contribution is -0.121. The summed E-state index contributed by atoms with van der Waals surface area (Å²) in [6.45, 7) is 3.66. The first-order valence-electron chi connectivity index (χ1n) is 6.26. The number of phenols is 1. The number of carbonyl (C=O) groups is 1. The van der Waals surface area contributed by atoms with E-state index in [1.165, 1.54) is 23.6 Å². The van der Waals surface area contributed by atoms with E-state index >= 15 is 0 Å². The Morgan fingerprint density at radius 2 is 2.38 bits per heavy atom. The van der Waals surface area contributed by atoms with Gasteiger partial charge in [-0.3, -0.25) is 4.79 Å². The first-order chi connectivity index (χ1) is 10.2. The molecule has 0 aliphatic carbocycles. The highest BCUT2D eigenvalue weighted by molar-refractivity contribution is 5.85. The van der Waals surface area contributed by atoms with Crippen LogP contribution in [0.3, 0.4) is 0 Å². The fourth-order valence-corrected chi connectivity index (χ4v) is 1.71. The molecule has 0 saturated carbocycles. The summed E-state index contributed by atoms with van der Waals surface area (Å²) in [5, 5.41) is 17.6. The number of aromatic hydroxyl groups is 1. The van der Waals surface area contributed by atoms with E-state index in [2.05, 4.69) is 27.2 Å². The highest BCUT2D eigenvalue weighted by Gasteiger charge is 2.04. The quantitative estimate of drug-likeness (QED) is 0.468. The third kappa shape index (κ3) is 4.00. The minimum Gasteiger partial charge on any atom is -0.507 e. The summed E-state index contributed by atoms with van der Waals surface area (Å²) in [5.74, 6) is -0.204. The van der Waals surface area contributed by atoms with Crippen LogP contribution in [-0.2, 0) is 17.8 Å². The molecule has 0 fully saturated rings. The summed E-state index contributed by atoms with van der Waals surface area (Å²) in [6, 6.07) is 5.31. The standard InChI is InChI=1S/C14H15N5O2/c1-2-4-11-5-3-6-12(14(11)21)7-16-18-13(20)8-19-10-15-9-17-19/h2-3,5-7,9-10,21H,1,4,8H2,(H,18,20)/b16-7+. The highest BCUT2D eigenvalue weighted by atomic mass is 16.3. The smallest absolute Gasteiger partial charge is 0.261 e. The predicted molar refractivity (Wildman–Crippen MR) is 77.8 cm³/mol. The van der Waals surface area contributed by atoms with Crippen LogP contribution in [0.5, 0.6) is 5.75 Å². The molecule has 2 rings (SSSR count). The molecule has 0 saturated heterocycles. The molecule has 7 nitrogen and oxygen atoms in total. The van der Waals surface area contributed by atoms with E-state index in [1.807, 2.05) is 0 Å². The van der Waals surface area contributed by atoms with Gasteiger partial charge in [-0.2, -0.15) is 10.2 Å². The Morgan fingerprint density at radius 1 is 1.52 bits per heavy atom. The van der Waals surface area contributed by atoms with Gasteiger partial charge in [0.2, 0.25) is 0 Å². The molecule has 0 spiro atoms. The maximum atomic E-state index is 11.6. The summed E-state index contributed by atoms with van der Waals surface area (Å²) in [7, 11) is 0. The van der Waals surface area contributed by atoms with Crippen LogP contribution in [0.1, 0.15) is 11.1 Å². The van der Waals surface area contributed by atoms with Crippen LogP contribution in [0, 0.1) is 0 Å². The van der Waals surface area contributed by atoms with E-state index in [0.717, 1.165) is 5.56 Å². The summed E-state index contributed by atoms with van der Waals surface area (Å²) in [5.41, 5.74) is 3.63. The van der Waals surface area contributed by atoms with Crippen molar-refractivity contribution in [3.8, 4) is 5.75 Å². The summed E-state index contributed by atoms with van der Waals surface area (Å²) in [4.78, 5) is 15.3. The van der Waals surface area contributed by atoms with Gasteiger partial charge in [-0.25, -0.2) is 15.1 Å². The molecule has 1 aromatic carbocycles. The topological polar surface area (TPSA) is 92.4 Å². The fourth-order valence-electron chi connectivity index (χ4n) is 1.71. The second-order valence-electron chi connectivity index (χ2n) is 4.23. The Morgan fingerprint density at radius 3 is 3.10 bits per heavy atom. The molecule has 0 aliphatic rings. The Balaban J connectivity index is 1.96. The predicted octanol–water partition coefficient (Wildman–Crippen LogP) is 0.863. The van der Waals surface area contributed by atoms with E-state index < -0.39 is 0 Å². The average Bonchev–Trinajstić information content (AvgIpc) is 2.96. The summed E-state index contributed by atoms with van der Waals surface area (Å²) in [6.07, 6.45) is 6.44. The van der Waals surface area contributed by atoms with Crippen LogP contribution in [0.4, 0.5) is 0 Å². The summed E-state index contributed by atoms with van der Waals surface area (Å²) < 4.78 is 1.38. The number of aromatic nitrogens is 3. The van der Waals surface area contributed by atoms with Gasteiger partial charge < -0.3 is 5.11 Å². The van der Waals surface area contributed by atoms with Crippen LogP contribution < -0.4 is 5.43 Å². The van der Waals surface area contributed by atoms with Gasteiger partial charge in [0.05, 0.1) is 6.21 Å². The van der Waals surface area contributed by atoms with Crippen molar-refractivity contribution >= 4 is 12.1 Å². The number of amides is 1. The van der Waals surface area contributed by atoms with Crippen molar-refractivity contribution in [2.45, 2.75) is 13.0 Å². The van der Waals surface area contributed by atoms with Gasteiger partial charge in [0, 0.05) is 5.56 Å². The van der Waals surface area contributed by atoms with Crippen LogP contribution in [0.15, 0.2) is 48.6 Å². The number of hydrazone groups is 1. The largest absolute Gasteiger partial charge is 0.507 e. The number of hydrogen-bond acceptors (Lipinski definition) is 5. The third-order valence-electron chi connectivity index (χ3n) is 2.68. The number of phenolic OH excluding ortho intramolecular Hbond substituents is 1. The van der Waals surface area contributed by atoms with Crippen molar-refractivity contribution in [1.82, 2.24) is 20.2 Å². The number of para-hydroxylation sites is 1. The van der Waals surface area contributed by atoms with Gasteiger partial charge in [0.1, 0.15) is 24.9 Å². The monoisotopic (exact) mass is 285 g/mol. The Hall–Kier alpha value is -2.96. The van der Waals surface area contributed by atoms with E-state index in [1.54, 1.807) is 24.3 Å². The van der Waals surface area contributed by atoms with E-state index in [-0.39, 0.29) is 18.2 Å². The molecule has 108 valence electrons. The van der Waals surface area contributed by atoms with Crippen molar-refractivity contribution in [2.75, 3.05) is 0 Å². The molecule has 2 N–H and O–H groups in total. The van der Waals surface area contributed by atoms with Crippen LogP contribution >= 0.6 is 0 Å². The Kier molecular flexibility index (Phi) is 4.81. The first-order valence-corrected chi connectivity index (χ1v) is 6.26. The number of allylic oxidation sites excluding steroid dienone is 1. The Labute approximate surface area is 121 Å². The number of rotatable bonds is 6. The number of nitrogens with zero attached hydrogens (tertiary/aromatic N) is 4. The van der Waals surface area contributed by atoms with Crippen LogP contribution in [0.2, 0.25) is 0 Å². The normalized spacial score (nSPS) is 10.7. The molecule has 0 aliphatic heterocycles. The van der Waals surface area contributed by atoms with Gasteiger partial charge in [0.15, 0.2) is 0 Å². The van der Waals surface area contributed by atoms with Crippen LogP contribution in [0.25, 0.3) is 0 Å². The molecular formula is C14H15N5O2. The number of hydrogen-bond donors (Lipinski definition) is 2. The van der Waals surface area contributed by atoms with Crippen molar-refractivity contribution in [3.63, 3.8) is 0 Å². The van der Waals surface area contributed by atoms with Crippen molar-refractivity contribution < 1.29 is 9.90 Å².